The number of aromatic nitrogens is 2. The van der Waals surface area contributed by atoms with E-state index in [2.05, 4.69) is 31.9 Å². The molecule has 23 heteroatoms. The zero-order chi connectivity index (χ0) is 58.6. The highest BCUT2D eigenvalue weighted by Gasteiger charge is 2.49. The van der Waals surface area contributed by atoms with Crippen LogP contribution in [0.2, 0.25) is 0 Å². The number of imide groups is 1. The Morgan fingerprint density at radius 1 is 0.890 bits per heavy atom. The van der Waals surface area contributed by atoms with Crippen molar-refractivity contribution in [1.29, 1.82) is 0 Å². The number of pyridine rings is 2. The Bertz CT molecular complexity index is 3310. The van der Waals surface area contributed by atoms with E-state index in [0.717, 1.165) is 12.0 Å². The summed E-state index contributed by atoms with van der Waals surface area (Å²) in [5.74, 6) is -5.31. The molecular weight excluding hydrogens is 1060 g/mol. The van der Waals surface area contributed by atoms with Gasteiger partial charge in [-0.1, -0.05) is 63.9 Å². The van der Waals surface area contributed by atoms with E-state index >= 15 is 4.39 Å². The highest BCUT2D eigenvalue weighted by molar-refractivity contribution is 6.03. The van der Waals surface area contributed by atoms with E-state index in [1.54, 1.807) is 50.2 Å². The number of benzene rings is 2. The van der Waals surface area contributed by atoms with Gasteiger partial charge in [0, 0.05) is 54.3 Å². The van der Waals surface area contributed by atoms with Gasteiger partial charge in [0.15, 0.2) is 5.60 Å². The largest absolute Gasteiger partial charge is 0.458 e. The number of halogens is 1. The van der Waals surface area contributed by atoms with E-state index in [0.29, 0.717) is 102 Å². The lowest BCUT2D eigenvalue weighted by molar-refractivity contribution is -0.172. The third-order valence-corrected chi connectivity index (χ3v) is 17.0. The molecule has 0 spiro atoms. The smallest absolute Gasteiger partial charge is 0.343 e. The molecule has 5 heterocycles. The quantitative estimate of drug-likeness (QED) is 0.0202. The Hall–Kier alpha value is -7.92. The van der Waals surface area contributed by atoms with Gasteiger partial charge in [-0.15, -0.1) is 0 Å². The van der Waals surface area contributed by atoms with Crippen molar-refractivity contribution in [3.63, 3.8) is 0 Å². The Kier molecular flexibility index (Phi) is 17.7. The molecule has 2 aromatic carbocycles. The van der Waals surface area contributed by atoms with Gasteiger partial charge in [-0.05, 0) is 92.5 Å². The van der Waals surface area contributed by atoms with Crippen molar-refractivity contribution in [3.8, 4) is 11.4 Å². The predicted molar refractivity (Wildman–Crippen MR) is 293 cm³/mol. The molecule has 82 heavy (non-hydrogen) atoms. The lowest BCUT2D eigenvalue weighted by Crippen LogP contribution is -2.56. The Morgan fingerprint density at radius 3 is 2.33 bits per heavy atom. The van der Waals surface area contributed by atoms with Crippen LogP contribution in [0, 0.1) is 24.6 Å². The molecule has 2 fully saturated rings. The van der Waals surface area contributed by atoms with Crippen LogP contribution in [0.5, 0.6) is 0 Å². The first kappa shape index (κ1) is 58.7. The van der Waals surface area contributed by atoms with Crippen molar-refractivity contribution in [1.82, 2.24) is 46.4 Å². The number of nitrogens with zero attached hydrogens (tertiary/aromatic N) is 3. The zero-order valence-corrected chi connectivity index (χ0v) is 46.6. The lowest BCUT2D eigenvalue weighted by Gasteiger charge is -2.41. The number of carbonyl (C=O) groups is 9. The van der Waals surface area contributed by atoms with Crippen LogP contribution in [-0.4, -0.2) is 117 Å². The molecule has 2 unspecified atom stereocenters. The Labute approximate surface area is 472 Å². The second kappa shape index (κ2) is 24.7. The number of ether oxygens (including phenoxy) is 2. The van der Waals surface area contributed by atoms with Gasteiger partial charge < -0.3 is 51.0 Å². The Morgan fingerprint density at radius 2 is 1.61 bits per heavy atom. The van der Waals surface area contributed by atoms with E-state index in [-0.39, 0.29) is 79.5 Å². The number of amides is 8. The van der Waals surface area contributed by atoms with Gasteiger partial charge in [0.1, 0.15) is 30.8 Å². The lowest BCUT2D eigenvalue weighted by atomic mass is 9.77. The molecule has 8 amide bonds. The second-order valence-electron chi connectivity index (χ2n) is 22.1. The van der Waals surface area contributed by atoms with Crippen molar-refractivity contribution in [2.75, 3.05) is 32.9 Å². The van der Waals surface area contributed by atoms with Gasteiger partial charge in [0.05, 0.1) is 54.7 Å². The minimum atomic E-state index is -2.06. The summed E-state index contributed by atoms with van der Waals surface area (Å²) < 4.78 is 28.4. The van der Waals surface area contributed by atoms with Gasteiger partial charge in [0.2, 0.25) is 41.4 Å². The molecule has 0 bridgehead atoms. The van der Waals surface area contributed by atoms with Crippen LogP contribution in [0.15, 0.2) is 47.3 Å². The number of rotatable bonds is 24. The molecule has 5 aliphatic rings. The van der Waals surface area contributed by atoms with E-state index in [1.165, 1.54) is 15.5 Å². The molecule has 436 valence electrons. The summed E-state index contributed by atoms with van der Waals surface area (Å²) in [6.07, 6.45) is 4.88. The number of carbonyl (C=O) groups excluding carboxylic acids is 9. The molecule has 9 rings (SSSR count). The first-order valence-corrected chi connectivity index (χ1v) is 28.3. The fourth-order valence-corrected chi connectivity index (χ4v) is 11.7. The number of hydrogen-bond acceptors (Lipinski definition) is 14. The molecule has 1 saturated heterocycles. The summed E-state index contributed by atoms with van der Waals surface area (Å²) >= 11 is 0. The van der Waals surface area contributed by atoms with Gasteiger partial charge in [-0.25, -0.2) is 14.2 Å². The SMILES string of the molecule is CCC(C)C1CC(=O)N(CCCCCC(=O)NCC(=O)NCC(=O)N[C@@H](Cc2ccccc2)C(=O)NCC(=O)NCOC2(C(=O)N[C@H]3CCc4c(C)c(F)cc5nc6c(c3c45)Cn3c-6cc4c(c3=O)COC(=O)[C@]4(O)CC)CCC2)C1=O. The number of aliphatic hydroxyl groups is 1. The van der Waals surface area contributed by atoms with Crippen LogP contribution in [0.4, 0.5) is 4.39 Å². The molecule has 7 N–H and O–H groups in total. The van der Waals surface area contributed by atoms with Gasteiger partial charge in [-0.2, -0.15) is 0 Å². The molecule has 2 aromatic heterocycles. The summed E-state index contributed by atoms with van der Waals surface area (Å²) in [7, 11) is 0. The average molecular weight is 1130 g/mol. The van der Waals surface area contributed by atoms with Crippen molar-refractivity contribution >= 4 is 64.1 Å². The second-order valence-corrected chi connectivity index (χ2v) is 22.1. The van der Waals surface area contributed by atoms with Crippen LogP contribution in [0.3, 0.4) is 0 Å². The van der Waals surface area contributed by atoms with Crippen molar-refractivity contribution in [2.24, 2.45) is 11.8 Å². The van der Waals surface area contributed by atoms with Gasteiger partial charge in [-0.3, -0.25) is 48.1 Å². The number of aryl methyl sites for hydroxylation is 1. The highest BCUT2D eigenvalue weighted by Crippen LogP contribution is 2.47. The predicted octanol–water partition coefficient (Wildman–Crippen LogP) is 2.70. The minimum absolute atomic E-state index is 0.0408. The number of likely N-dealkylation sites (tertiary alicyclic amines) is 1. The maximum atomic E-state index is 15.5. The third kappa shape index (κ3) is 11.9. The van der Waals surface area contributed by atoms with E-state index in [9.17, 15) is 53.1 Å². The molecule has 3 aliphatic heterocycles. The van der Waals surface area contributed by atoms with Crippen LogP contribution in [-0.2, 0) is 84.2 Å². The van der Waals surface area contributed by atoms with Crippen molar-refractivity contribution in [2.45, 2.75) is 148 Å². The standard InChI is InChI=1S/C59H70FN9O13/c1-5-32(3)36-23-49(74)68(54(36)76)21-12-8-11-16-45(70)61-26-46(71)62-28-48(73)65-43(22-34-14-9-7-10-15-34)53(75)63-27-47(72)64-31-82-58(19-13-20-58)56(78)67-41-18-17-35-33(4)40(60)25-42-50(35)51(41)37-29-69-44(52(37)66-42)24-39-38(55(69)77)30-81-57(79)59(39,80)6-2/h7,9-10,14-15,24-25,32,36,41,43,80H,5-6,8,11-13,16-23,26-31H2,1-4H3,(H,61,70)(H,62,71)(H,63,75)(H,64,72)(H,65,73)(H,67,78)/t32?,36?,41-,43-,59-/m0/s1. The molecular formula is C59H70FN9O13. The number of nitrogens with one attached hydrogen (secondary N) is 6. The number of cyclic esters (lactones) is 1. The van der Waals surface area contributed by atoms with E-state index < -0.39 is 96.5 Å². The number of esters is 1. The van der Waals surface area contributed by atoms with Crippen LogP contribution in [0.1, 0.15) is 136 Å². The van der Waals surface area contributed by atoms with Crippen molar-refractivity contribution < 1.29 is 62.1 Å². The number of fused-ring (bicyclic) bond motifs is 5. The van der Waals surface area contributed by atoms with Crippen LogP contribution < -0.4 is 37.5 Å². The zero-order valence-electron chi connectivity index (χ0n) is 46.6. The summed E-state index contributed by atoms with van der Waals surface area (Å²) in [6.45, 7) is 5.47. The Balaban J connectivity index is 0.758. The number of unbranched alkanes of at least 4 members (excludes halogenated alkanes) is 2. The van der Waals surface area contributed by atoms with E-state index in [1.807, 2.05) is 13.8 Å². The summed E-state index contributed by atoms with van der Waals surface area (Å²) in [5, 5.41) is 28.0. The fraction of sp³-hybridized carbons (Fsp3) is 0.508. The summed E-state index contributed by atoms with van der Waals surface area (Å²) in [4.78, 5) is 137. The maximum absolute atomic E-state index is 15.5. The minimum Gasteiger partial charge on any atom is -0.458 e. The molecule has 0 radical (unpaired) electrons. The topological polar surface area (TPSA) is 303 Å². The first-order chi connectivity index (χ1) is 39.3. The first-order valence-electron chi connectivity index (χ1n) is 28.3. The van der Waals surface area contributed by atoms with Crippen LogP contribution in [0.25, 0.3) is 22.3 Å². The molecule has 5 atom stereocenters. The van der Waals surface area contributed by atoms with Gasteiger partial charge >= 0.3 is 5.97 Å². The maximum Gasteiger partial charge on any atom is 0.343 e. The third-order valence-electron chi connectivity index (χ3n) is 17.0. The summed E-state index contributed by atoms with van der Waals surface area (Å²) in [6, 6.07) is 9.94. The van der Waals surface area contributed by atoms with Crippen LogP contribution >= 0.6 is 0 Å². The molecule has 2 aliphatic carbocycles. The highest BCUT2D eigenvalue weighted by atomic mass is 19.1. The fourth-order valence-electron chi connectivity index (χ4n) is 11.7. The normalized spacial score (nSPS) is 19.9. The molecule has 22 nitrogen and oxygen atoms in total. The molecule has 1 saturated carbocycles. The van der Waals surface area contributed by atoms with Crippen molar-refractivity contribution in [3.05, 3.63) is 97.6 Å². The monoisotopic (exact) mass is 1130 g/mol. The summed E-state index contributed by atoms with van der Waals surface area (Å²) in [5.41, 5.74) is 0.640. The van der Waals surface area contributed by atoms with E-state index in [4.69, 9.17) is 14.5 Å². The van der Waals surface area contributed by atoms with Gasteiger partial charge in [0.25, 0.3) is 11.5 Å². The molecule has 4 aromatic rings. The average Bonchev–Trinajstić information content (AvgIpc) is 1.80. The number of hydrogen-bond donors (Lipinski definition) is 7.